The second kappa shape index (κ2) is 6.45. The van der Waals surface area contributed by atoms with Crippen molar-refractivity contribution in [2.24, 2.45) is 7.05 Å². The van der Waals surface area contributed by atoms with Gasteiger partial charge in [0.2, 0.25) is 11.8 Å². The van der Waals surface area contributed by atoms with Crippen molar-refractivity contribution in [3.8, 4) is 22.6 Å². The average Bonchev–Trinajstić information content (AvgIpc) is 3.46. The Hall–Kier alpha value is -3.74. The largest absolute Gasteiger partial charge is 0.420 e. The predicted octanol–water partition coefficient (Wildman–Crippen LogP) is 4.17. The number of hydrogen-bond acceptors (Lipinski definition) is 5. The molecule has 138 valence electrons. The molecule has 4 heterocycles. The van der Waals surface area contributed by atoms with E-state index in [1.165, 1.54) is 0 Å². The molecule has 0 bridgehead atoms. The molecule has 0 aliphatic rings. The summed E-state index contributed by atoms with van der Waals surface area (Å²) in [5.74, 6) is 1.10. The highest BCUT2D eigenvalue weighted by Gasteiger charge is 2.19. The fourth-order valence-electron chi connectivity index (χ4n) is 3.31. The van der Waals surface area contributed by atoms with E-state index in [9.17, 15) is 0 Å². The van der Waals surface area contributed by atoms with Gasteiger partial charge in [0.25, 0.3) is 0 Å². The zero-order valence-electron chi connectivity index (χ0n) is 15.5. The van der Waals surface area contributed by atoms with Gasteiger partial charge in [-0.15, -0.1) is 10.2 Å². The second-order valence-electron chi connectivity index (χ2n) is 6.80. The van der Waals surface area contributed by atoms with E-state index in [-0.39, 0.29) is 5.92 Å². The highest BCUT2D eigenvalue weighted by molar-refractivity contribution is 5.93. The van der Waals surface area contributed by atoms with Crippen LogP contribution in [-0.2, 0) is 7.05 Å². The average molecular weight is 370 g/mol. The molecule has 0 radical (unpaired) electrons. The lowest BCUT2D eigenvalue weighted by Gasteiger charge is -2.05. The van der Waals surface area contributed by atoms with E-state index in [2.05, 4.69) is 50.4 Å². The molecule has 0 spiro atoms. The summed E-state index contributed by atoms with van der Waals surface area (Å²) in [6.07, 6.45) is 7.47. The van der Waals surface area contributed by atoms with Crippen LogP contribution in [0, 0.1) is 0 Å². The van der Waals surface area contributed by atoms with Gasteiger partial charge in [-0.3, -0.25) is 4.68 Å². The van der Waals surface area contributed by atoms with Crippen LogP contribution in [0.25, 0.3) is 33.6 Å². The molecule has 0 aliphatic heterocycles. The van der Waals surface area contributed by atoms with E-state index in [4.69, 9.17) is 4.42 Å². The molecule has 4 aromatic heterocycles. The van der Waals surface area contributed by atoms with Gasteiger partial charge in [0, 0.05) is 42.2 Å². The number of benzene rings is 1. The van der Waals surface area contributed by atoms with Crippen molar-refractivity contribution in [2.75, 3.05) is 0 Å². The van der Waals surface area contributed by atoms with Crippen molar-refractivity contribution in [1.82, 2.24) is 29.9 Å². The lowest BCUT2D eigenvalue weighted by molar-refractivity contribution is 0.491. The Kier molecular flexibility index (Phi) is 3.79. The van der Waals surface area contributed by atoms with Gasteiger partial charge in [0.1, 0.15) is 5.65 Å². The van der Waals surface area contributed by atoms with Crippen LogP contribution < -0.4 is 0 Å². The van der Waals surface area contributed by atoms with Crippen LogP contribution in [0.4, 0.5) is 0 Å². The molecule has 1 atom stereocenters. The Bertz CT molecular complexity index is 1250. The number of aryl methyl sites for hydroxylation is 1. The molecule has 1 N–H and O–H groups in total. The molecule has 0 saturated heterocycles. The molecule has 0 aliphatic carbocycles. The number of aromatic amines is 1. The predicted molar refractivity (Wildman–Crippen MR) is 106 cm³/mol. The minimum absolute atomic E-state index is 0.0248. The summed E-state index contributed by atoms with van der Waals surface area (Å²) in [6.45, 7) is 2.06. The Labute approximate surface area is 161 Å². The third-order valence-corrected chi connectivity index (χ3v) is 4.91. The Morgan fingerprint density at radius 2 is 1.93 bits per heavy atom. The van der Waals surface area contributed by atoms with Crippen LogP contribution in [0.15, 0.2) is 65.6 Å². The minimum Gasteiger partial charge on any atom is -0.420 e. The summed E-state index contributed by atoms with van der Waals surface area (Å²) < 4.78 is 7.79. The number of nitrogens with one attached hydrogen (secondary N) is 1. The molecular formula is C21H18N6O. The van der Waals surface area contributed by atoms with Crippen LogP contribution in [0.3, 0.4) is 0 Å². The maximum absolute atomic E-state index is 6.02. The first kappa shape index (κ1) is 16.4. The van der Waals surface area contributed by atoms with E-state index in [0.29, 0.717) is 11.8 Å². The zero-order chi connectivity index (χ0) is 19.1. The molecule has 28 heavy (non-hydrogen) atoms. The van der Waals surface area contributed by atoms with E-state index in [1.807, 2.05) is 50.0 Å². The summed E-state index contributed by atoms with van der Waals surface area (Å²) in [5, 5.41) is 13.7. The monoisotopic (exact) mass is 370 g/mol. The number of hydrogen-bond donors (Lipinski definition) is 1. The van der Waals surface area contributed by atoms with Gasteiger partial charge < -0.3 is 9.40 Å². The number of rotatable bonds is 4. The number of aromatic nitrogens is 6. The van der Waals surface area contributed by atoms with Crippen LogP contribution in [0.5, 0.6) is 0 Å². The molecule has 0 saturated carbocycles. The summed E-state index contributed by atoms with van der Waals surface area (Å²) >= 11 is 0. The highest BCUT2D eigenvalue weighted by Crippen LogP contribution is 2.32. The molecule has 0 unspecified atom stereocenters. The van der Waals surface area contributed by atoms with E-state index in [0.717, 1.165) is 33.3 Å². The molecule has 1 aromatic carbocycles. The second-order valence-corrected chi connectivity index (χ2v) is 6.80. The number of fused-ring (bicyclic) bond motifs is 1. The molecular weight excluding hydrogens is 352 g/mol. The number of pyridine rings is 1. The van der Waals surface area contributed by atoms with Crippen molar-refractivity contribution >= 4 is 11.0 Å². The molecule has 5 rings (SSSR count). The molecule has 7 nitrogen and oxygen atoms in total. The van der Waals surface area contributed by atoms with Gasteiger partial charge in [-0.2, -0.15) is 5.10 Å². The van der Waals surface area contributed by atoms with Crippen molar-refractivity contribution in [2.45, 2.75) is 12.8 Å². The van der Waals surface area contributed by atoms with Crippen molar-refractivity contribution in [3.63, 3.8) is 0 Å². The van der Waals surface area contributed by atoms with Crippen molar-refractivity contribution in [1.29, 1.82) is 0 Å². The summed E-state index contributed by atoms with van der Waals surface area (Å²) in [5.41, 5.74) is 4.75. The maximum Gasteiger partial charge on any atom is 0.249 e. The molecule has 7 heteroatoms. The van der Waals surface area contributed by atoms with Gasteiger partial charge in [0.15, 0.2) is 0 Å². The third-order valence-electron chi connectivity index (χ3n) is 4.91. The quantitative estimate of drug-likeness (QED) is 0.513. The van der Waals surface area contributed by atoms with E-state index < -0.39 is 0 Å². The SMILES string of the molecule is C[C@H](c1ccccc1)c1nnc(-c2c[nH]c3ncc(-c4cnn(C)c4)cc23)o1. The van der Waals surface area contributed by atoms with Gasteiger partial charge in [-0.05, 0) is 18.6 Å². The standard InChI is InChI=1S/C21H18N6O/c1-13(14-6-4-3-5-7-14)20-25-26-21(28-20)18-11-23-19-17(18)8-15(9-22-19)16-10-24-27(2)12-16/h3-13H,1-2H3,(H,22,23)/t13-/m1/s1. The lowest BCUT2D eigenvalue weighted by Crippen LogP contribution is -1.95. The van der Waals surface area contributed by atoms with Crippen LogP contribution in [-0.4, -0.2) is 29.9 Å². The Balaban J connectivity index is 1.54. The van der Waals surface area contributed by atoms with Crippen molar-refractivity contribution < 1.29 is 4.42 Å². The summed E-state index contributed by atoms with van der Waals surface area (Å²) in [4.78, 5) is 7.70. The minimum atomic E-state index is 0.0248. The molecule has 5 aromatic rings. The van der Waals surface area contributed by atoms with Crippen molar-refractivity contribution in [3.05, 3.63) is 72.6 Å². The van der Waals surface area contributed by atoms with E-state index in [1.54, 1.807) is 4.68 Å². The van der Waals surface area contributed by atoms with Crippen LogP contribution >= 0.6 is 0 Å². The number of H-pyrrole nitrogens is 1. The first-order valence-electron chi connectivity index (χ1n) is 9.04. The Morgan fingerprint density at radius 1 is 1.07 bits per heavy atom. The lowest BCUT2D eigenvalue weighted by atomic mass is 10.0. The van der Waals surface area contributed by atoms with E-state index >= 15 is 0 Å². The third kappa shape index (κ3) is 2.77. The molecule has 0 fully saturated rings. The smallest absolute Gasteiger partial charge is 0.249 e. The maximum atomic E-state index is 6.02. The van der Waals surface area contributed by atoms with Crippen LogP contribution in [0.2, 0.25) is 0 Å². The fourth-order valence-corrected chi connectivity index (χ4v) is 3.31. The first-order valence-corrected chi connectivity index (χ1v) is 9.04. The normalized spacial score (nSPS) is 12.5. The fraction of sp³-hybridized carbons (Fsp3) is 0.143. The molecule has 0 amide bonds. The topological polar surface area (TPSA) is 85.4 Å². The van der Waals surface area contributed by atoms with Gasteiger partial charge in [-0.1, -0.05) is 30.3 Å². The summed E-state index contributed by atoms with van der Waals surface area (Å²) in [6, 6.07) is 12.2. The van der Waals surface area contributed by atoms with Crippen LogP contribution in [0.1, 0.15) is 24.3 Å². The summed E-state index contributed by atoms with van der Waals surface area (Å²) in [7, 11) is 1.89. The first-order chi connectivity index (χ1) is 13.7. The number of nitrogens with zero attached hydrogens (tertiary/aromatic N) is 5. The van der Waals surface area contributed by atoms with Gasteiger partial charge >= 0.3 is 0 Å². The van der Waals surface area contributed by atoms with Gasteiger partial charge in [0.05, 0.1) is 17.7 Å². The highest BCUT2D eigenvalue weighted by atomic mass is 16.4. The Morgan fingerprint density at radius 3 is 2.71 bits per heavy atom. The zero-order valence-corrected chi connectivity index (χ0v) is 15.5. The van der Waals surface area contributed by atoms with Gasteiger partial charge in [-0.25, -0.2) is 4.98 Å².